The average Bonchev–Trinajstić information content (AvgIpc) is 3.34. The number of anilines is 3. The molecule has 0 bridgehead atoms. The second-order valence-corrected chi connectivity index (χ2v) is 11.5. The number of hydrogen-bond donors (Lipinski definition) is 2. The van der Waals surface area contributed by atoms with E-state index in [1.54, 1.807) is 42.6 Å². The molecule has 0 saturated carbocycles. The van der Waals surface area contributed by atoms with E-state index < -0.39 is 15.8 Å². The molecular formula is C30H28FN5O4S. The van der Waals surface area contributed by atoms with Crippen LogP contribution in [0, 0.1) is 5.82 Å². The Morgan fingerprint density at radius 2 is 1.66 bits per heavy atom. The van der Waals surface area contributed by atoms with Crippen LogP contribution in [0.4, 0.5) is 21.7 Å². The van der Waals surface area contributed by atoms with Crippen molar-refractivity contribution in [3.8, 4) is 16.9 Å². The molecule has 0 fully saturated rings. The van der Waals surface area contributed by atoms with Crippen molar-refractivity contribution in [3.05, 3.63) is 96.4 Å². The third kappa shape index (κ3) is 6.36. The molecule has 1 amide bonds. The lowest BCUT2D eigenvalue weighted by atomic mass is 10.00. The number of fused-ring (bicyclic) bond motifs is 1. The zero-order valence-corrected chi connectivity index (χ0v) is 23.4. The average molecular weight is 574 g/mol. The molecule has 0 aliphatic rings. The molecule has 0 spiro atoms. The van der Waals surface area contributed by atoms with Gasteiger partial charge in [-0.15, -0.1) is 5.10 Å². The molecule has 9 nitrogen and oxygen atoms in total. The van der Waals surface area contributed by atoms with Gasteiger partial charge in [0, 0.05) is 35.5 Å². The monoisotopic (exact) mass is 573 g/mol. The Morgan fingerprint density at radius 3 is 2.34 bits per heavy atom. The van der Waals surface area contributed by atoms with Gasteiger partial charge in [0.1, 0.15) is 16.5 Å². The summed E-state index contributed by atoms with van der Waals surface area (Å²) in [5.74, 6) is -0.365. The van der Waals surface area contributed by atoms with Crippen LogP contribution in [-0.4, -0.2) is 41.8 Å². The van der Waals surface area contributed by atoms with Crippen molar-refractivity contribution in [2.75, 3.05) is 23.5 Å². The highest BCUT2D eigenvalue weighted by Crippen LogP contribution is 2.29. The second kappa shape index (κ2) is 11.4. The van der Waals surface area contributed by atoms with Crippen LogP contribution in [0.2, 0.25) is 0 Å². The van der Waals surface area contributed by atoms with Crippen molar-refractivity contribution in [2.24, 2.45) is 0 Å². The molecule has 41 heavy (non-hydrogen) atoms. The molecular weight excluding hydrogens is 545 g/mol. The van der Waals surface area contributed by atoms with Gasteiger partial charge in [-0.1, -0.05) is 24.3 Å². The maximum Gasteiger partial charge on any atom is 0.247 e. The Bertz CT molecular complexity index is 1820. The summed E-state index contributed by atoms with van der Waals surface area (Å²) in [5, 5.41) is 10.5. The topological polar surface area (TPSA) is 115 Å². The highest BCUT2D eigenvalue weighted by Gasteiger charge is 2.17. The van der Waals surface area contributed by atoms with E-state index >= 15 is 0 Å². The number of hydrogen-bond acceptors (Lipinski definition) is 7. The summed E-state index contributed by atoms with van der Waals surface area (Å²) in [6, 6.07) is 21.8. The van der Waals surface area contributed by atoms with Gasteiger partial charge < -0.3 is 15.4 Å². The number of nitrogens with zero attached hydrogens (tertiary/aromatic N) is 3. The molecule has 0 aliphatic carbocycles. The summed E-state index contributed by atoms with van der Waals surface area (Å²) in [6.45, 7) is 3.88. The number of sulfone groups is 1. The summed E-state index contributed by atoms with van der Waals surface area (Å²) in [4.78, 5) is 17.3. The maximum atomic E-state index is 13.2. The lowest BCUT2D eigenvalue weighted by Crippen LogP contribution is -2.18. The number of rotatable bonds is 9. The van der Waals surface area contributed by atoms with Gasteiger partial charge in [-0.25, -0.2) is 17.3 Å². The lowest BCUT2D eigenvalue weighted by Gasteiger charge is -2.13. The predicted molar refractivity (Wildman–Crippen MR) is 156 cm³/mol. The van der Waals surface area contributed by atoms with Gasteiger partial charge >= 0.3 is 0 Å². The minimum absolute atomic E-state index is 0.116. The van der Waals surface area contributed by atoms with E-state index in [0.29, 0.717) is 29.6 Å². The van der Waals surface area contributed by atoms with Crippen molar-refractivity contribution in [3.63, 3.8) is 0 Å². The zero-order valence-electron chi connectivity index (χ0n) is 22.6. The van der Waals surface area contributed by atoms with Gasteiger partial charge in [0.25, 0.3) is 0 Å². The number of nitrogens with one attached hydrogen (secondary N) is 2. The van der Waals surface area contributed by atoms with Crippen molar-refractivity contribution >= 4 is 38.7 Å². The van der Waals surface area contributed by atoms with Crippen LogP contribution < -0.4 is 15.4 Å². The molecule has 5 aromatic rings. The molecule has 5 rings (SSSR count). The molecule has 2 N–H and O–H groups in total. The van der Waals surface area contributed by atoms with Crippen LogP contribution in [0.3, 0.4) is 0 Å². The number of amides is 1. The van der Waals surface area contributed by atoms with E-state index in [-0.39, 0.29) is 22.4 Å². The molecule has 2 heterocycles. The van der Waals surface area contributed by atoms with Crippen LogP contribution >= 0.6 is 0 Å². The van der Waals surface area contributed by atoms with E-state index in [0.717, 1.165) is 22.9 Å². The Morgan fingerprint density at radius 1 is 0.976 bits per heavy atom. The number of pyridine rings is 1. The highest BCUT2D eigenvalue weighted by molar-refractivity contribution is 7.90. The number of benzene rings is 3. The SMILES string of the molecule is CCOc1cc(Nc2nc3ccc(-c4ccc(NC(=O)[C@H](C)c5ccc(F)cc5)cc4)cn3n2)ccc1S(C)(=O)=O. The minimum atomic E-state index is -3.44. The molecule has 0 aliphatic heterocycles. The number of carbonyl (C=O) groups is 1. The lowest BCUT2D eigenvalue weighted by molar-refractivity contribution is -0.117. The Kier molecular flexibility index (Phi) is 7.71. The maximum absolute atomic E-state index is 13.2. The quantitative estimate of drug-likeness (QED) is 0.228. The largest absolute Gasteiger partial charge is 0.492 e. The first-order chi connectivity index (χ1) is 19.6. The molecule has 2 aromatic heterocycles. The molecule has 0 unspecified atom stereocenters. The summed E-state index contributed by atoms with van der Waals surface area (Å²) in [5.41, 5.74) is 4.39. The van der Waals surface area contributed by atoms with E-state index in [1.165, 1.54) is 18.2 Å². The fourth-order valence-corrected chi connectivity index (χ4v) is 5.09. The minimum Gasteiger partial charge on any atom is -0.492 e. The number of halogens is 1. The van der Waals surface area contributed by atoms with E-state index in [4.69, 9.17) is 4.74 Å². The first-order valence-electron chi connectivity index (χ1n) is 12.9. The van der Waals surface area contributed by atoms with Gasteiger partial charge in [-0.2, -0.15) is 4.98 Å². The van der Waals surface area contributed by atoms with Crippen LogP contribution in [0.25, 0.3) is 16.8 Å². The van der Waals surface area contributed by atoms with Crippen molar-refractivity contribution in [1.29, 1.82) is 0 Å². The molecule has 11 heteroatoms. The van der Waals surface area contributed by atoms with E-state index in [9.17, 15) is 17.6 Å². The predicted octanol–water partition coefficient (Wildman–Crippen LogP) is 5.82. The number of aromatic nitrogens is 3. The molecule has 0 radical (unpaired) electrons. The van der Waals surface area contributed by atoms with Gasteiger partial charge in [0.2, 0.25) is 11.9 Å². The van der Waals surface area contributed by atoms with Gasteiger partial charge in [-0.05, 0) is 73.5 Å². The van der Waals surface area contributed by atoms with Crippen LogP contribution in [-0.2, 0) is 14.6 Å². The second-order valence-electron chi connectivity index (χ2n) is 9.49. The van der Waals surface area contributed by atoms with Crippen molar-refractivity contribution < 1.29 is 22.3 Å². The van der Waals surface area contributed by atoms with Crippen LogP contribution in [0.5, 0.6) is 5.75 Å². The van der Waals surface area contributed by atoms with Gasteiger partial charge in [0.05, 0.1) is 12.5 Å². The molecule has 1 atom stereocenters. The van der Waals surface area contributed by atoms with E-state index in [1.807, 2.05) is 42.6 Å². The number of carbonyl (C=O) groups excluding carboxylic acids is 1. The standard InChI is InChI=1S/C30H28FN5O4S/c1-4-40-26-17-25(14-15-27(26)41(3,38)39)33-30-34-28-16-9-22(18-36(28)35-30)21-7-12-24(13-8-21)32-29(37)19(2)20-5-10-23(31)11-6-20/h5-19H,4H2,1-3H3,(H,32,37)(H,33,35)/t19-/m1/s1. The Balaban J connectivity index is 1.30. The Hall–Kier alpha value is -4.77. The summed E-state index contributed by atoms with van der Waals surface area (Å²) < 4.78 is 44.5. The fourth-order valence-electron chi connectivity index (χ4n) is 4.30. The third-order valence-electron chi connectivity index (χ3n) is 6.48. The third-order valence-corrected chi connectivity index (χ3v) is 7.62. The van der Waals surface area contributed by atoms with Crippen molar-refractivity contribution in [2.45, 2.75) is 24.7 Å². The van der Waals surface area contributed by atoms with E-state index in [2.05, 4.69) is 20.7 Å². The molecule has 210 valence electrons. The first-order valence-corrected chi connectivity index (χ1v) is 14.8. The Labute approximate surface area is 236 Å². The summed E-state index contributed by atoms with van der Waals surface area (Å²) >= 11 is 0. The molecule has 3 aromatic carbocycles. The highest BCUT2D eigenvalue weighted by atomic mass is 32.2. The fraction of sp³-hybridized carbons (Fsp3) is 0.167. The first kappa shape index (κ1) is 27.8. The van der Waals surface area contributed by atoms with Crippen LogP contribution in [0.1, 0.15) is 25.3 Å². The molecule has 0 saturated heterocycles. The van der Waals surface area contributed by atoms with Crippen LogP contribution in [0.15, 0.2) is 90.0 Å². The zero-order chi connectivity index (χ0) is 29.1. The normalized spacial score (nSPS) is 12.2. The number of ether oxygens (including phenoxy) is 1. The van der Waals surface area contributed by atoms with Crippen molar-refractivity contribution in [1.82, 2.24) is 14.6 Å². The summed E-state index contributed by atoms with van der Waals surface area (Å²) in [7, 11) is -3.44. The van der Waals surface area contributed by atoms with Gasteiger partial charge in [-0.3, -0.25) is 4.79 Å². The van der Waals surface area contributed by atoms with Gasteiger partial charge in [0.15, 0.2) is 15.5 Å². The smallest absolute Gasteiger partial charge is 0.247 e. The summed E-state index contributed by atoms with van der Waals surface area (Å²) in [6.07, 6.45) is 2.98.